The van der Waals surface area contributed by atoms with E-state index in [4.69, 9.17) is 54.6 Å². The van der Waals surface area contributed by atoms with Crippen LogP contribution in [0.1, 0.15) is 45.1 Å². The van der Waals surface area contributed by atoms with Crippen molar-refractivity contribution in [3.8, 4) is 22.8 Å². The van der Waals surface area contributed by atoms with Gasteiger partial charge in [0.05, 0.1) is 96.5 Å². The van der Waals surface area contributed by atoms with Gasteiger partial charge in [-0.15, -0.1) is 5.10 Å². The van der Waals surface area contributed by atoms with Crippen LogP contribution in [0, 0.1) is 0 Å². The number of morpholine rings is 1. The highest BCUT2D eigenvalue weighted by atomic mass is 35.5. The number of ether oxygens (including phenoxy) is 8. The van der Waals surface area contributed by atoms with Crippen molar-refractivity contribution < 1.29 is 37.9 Å². The third-order valence-electron chi connectivity index (χ3n) is 9.92. The van der Waals surface area contributed by atoms with E-state index in [2.05, 4.69) is 30.3 Å². The first-order valence-electron chi connectivity index (χ1n) is 20.3. The van der Waals surface area contributed by atoms with E-state index >= 15 is 0 Å². The highest BCUT2D eigenvalue weighted by molar-refractivity contribution is 6.32. The first kappa shape index (κ1) is 43.6. The Kier molecular flexibility index (Phi) is 18.2. The summed E-state index contributed by atoms with van der Waals surface area (Å²) < 4.78 is 48.9. The van der Waals surface area contributed by atoms with Crippen LogP contribution < -0.4 is 14.8 Å². The smallest absolute Gasteiger partial charge is 0.256 e. The number of rotatable bonds is 26. The largest absolute Gasteiger partial charge is 0.487 e. The monoisotopic (exact) mass is 827 g/mol. The molecule has 0 spiro atoms. The standard InChI is InChI=1S/C40H58ClN9O8/c1-31(27-49-30-42-29-45-49)58-38-24-32(4-9-36(38)41)33-25-43-40(44-26-33)46-37-28-50(35-7-5-34(6-8-35)48-10-14-53-15-11-48)47-39(37)57-13-3-12-52-18-19-55-22-23-56-21-20-54-17-16-51-2/h4,9,24-26,28-31,34-35H,3,5-8,10-23,27H2,1-2H3,(H,43,44,46)/t31-,34-,35-/m0/s1. The maximum atomic E-state index is 6.50. The van der Waals surface area contributed by atoms with Crippen molar-refractivity contribution in [3.05, 3.63) is 54.5 Å². The van der Waals surface area contributed by atoms with Gasteiger partial charge >= 0.3 is 0 Å². The fourth-order valence-electron chi connectivity index (χ4n) is 6.90. The molecule has 0 radical (unpaired) electrons. The third kappa shape index (κ3) is 14.1. The molecule has 1 saturated heterocycles. The minimum atomic E-state index is -0.180. The summed E-state index contributed by atoms with van der Waals surface area (Å²) in [6.45, 7) is 11.4. The molecule has 1 aliphatic carbocycles. The second kappa shape index (κ2) is 24.2. The summed E-state index contributed by atoms with van der Waals surface area (Å²) in [5, 5.41) is 13.0. The summed E-state index contributed by atoms with van der Waals surface area (Å²) in [4.78, 5) is 15.9. The van der Waals surface area contributed by atoms with Crippen molar-refractivity contribution in [1.29, 1.82) is 0 Å². The minimum absolute atomic E-state index is 0.180. The number of methoxy groups -OCH3 is 1. The Bertz CT molecular complexity index is 1720. The molecule has 58 heavy (non-hydrogen) atoms. The molecule has 1 aliphatic heterocycles. The van der Waals surface area contributed by atoms with Crippen LogP contribution >= 0.6 is 11.6 Å². The Labute approximate surface area is 345 Å². The van der Waals surface area contributed by atoms with Crippen LogP contribution in [0.15, 0.2) is 49.4 Å². The molecular weight excluding hydrogens is 770 g/mol. The SMILES string of the molecule is COCCOCCOCCOCCOCCCOc1nn([C@H]2CC[C@H](N3CCOCC3)CC2)cc1Nc1ncc(-c2ccc(Cl)c(O[C@@H](C)Cn3cncn3)c2)cn1. The van der Waals surface area contributed by atoms with E-state index in [1.54, 1.807) is 30.5 Å². The molecule has 18 heteroatoms. The molecule has 1 aromatic carbocycles. The molecular formula is C40H58ClN9O8. The molecule has 2 aliphatic rings. The average Bonchev–Trinajstić information content (AvgIpc) is 3.92. The normalized spacial score (nSPS) is 18.0. The lowest BCUT2D eigenvalue weighted by molar-refractivity contribution is -0.00844. The van der Waals surface area contributed by atoms with Crippen LogP contribution in [0.3, 0.4) is 0 Å². The van der Waals surface area contributed by atoms with Crippen LogP contribution in [-0.2, 0) is 35.0 Å². The van der Waals surface area contributed by atoms with Crippen molar-refractivity contribution in [2.24, 2.45) is 0 Å². The summed E-state index contributed by atoms with van der Waals surface area (Å²) in [7, 11) is 1.65. The van der Waals surface area contributed by atoms with Crippen LogP contribution in [0.25, 0.3) is 11.1 Å². The van der Waals surface area contributed by atoms with Gasteiger partial charge in [-0.1, -0.05) is 17.7 Å². The molecule has 1 N–H and O–H groups in total. The maximum absolute atomic E-state index is 6.50. The van der Waals surface area contributed by atoms with E-state index < -0.39 is 0 Å². The number of halogens is 1. The zero-order valence-corrected chi connectivity index (χ0v) is 34.5. The first-order valence-corrected chi connectivity index (χ1v) is 20.6. The van der Waals surface area contributed by atoms with Gasteiger partial charge in [-0.25, -0.2) is 19.6 Å². The summed E-state index contributed by atoms with van der Waals surface area (Å²) in [6.07, 6.45) is 13.6. The van der Waals surface area contributed by atoms with E-state index in [-0.39, 0.29) is 12.1 Å². The number of hydrogen-bond acceptors (Lipinski definition) is 15. The summed E-state index contributed by atoms with van der Waals surface area (Å²) >= 11 is 6.50. The quantitative estimate of drug-likeness (QED) is 0.0832. The fourth-order valence-corrected chi connectivity index (χ4v) is 7.06. The lowest BCUT2D eigenvalue weighted by Crippen LogP contribution is -2.45. The zero-order chi connectivity index (χ0) is 40.2. The maximum Gasteiger partial charge on any atom is 0.256 e. The van der Waals surface area contributed by atoms with E-state index in [0.29, 0.717) is 113 Å². The molecule has 1 saturated carbocycles. The Morgan fingerprint density at radius 1 is 0.845 bits per heavy atom. The third-order valence-corrected chi connectivity index (χ3v) is 10.2. The van der Waals surface area contributed by atoms with Crippen LogP contribution in [-0.4, -0.2) is 151 Å². The first-order chi connectivity index (χ1) is 28.6. The molecule has 318 valence electrons. The van der Waals surface area contributed by atoms with Gasteiger partial charge in [0.15, 0.2) is 0 Å². The van der Waals surface area contributed by atoms with Gasteiger partial charge in [-0.05, 0) is 50.3 Å². The summed E-state index contributed by atoms with van der Waals surface area (Å²) in [5.41, 5.74) is 2.41. The fraction of sp³-hybridized carbons (Fsp3) is 0.625. The number of aromatic nitrogens is 7. The van der Waals surface area contributed by atoms with E-state index in [1.165, 1.54) is 6.33 Å². The van der Waals surface area contributed by atoms with Crippen molar-refractivity contribution in [3.63, 3.8) is 0 Å². The number of anilines is 2. The second-order valence-electron chi connectivity index (χ2n) is 14.2. The number of nitrogens with one attached hydrogen (secondary N) is 1. The van der Waals surface area contributed by atoms with Gasteiger partial charge in [0.2, 0.25) is 5.95 Å². The van der Waals surface area contributed by atoms with Crippen LogP contribution in [0.5, 0.6) is 11.6 Å². The van der Waals surface area contributed by atoms with E-state index in [9.17, 15) is 0 Å². The molecule has 2 fully saturated rings. The molecule has 3 aromatic heterocycles. The van der Waals surface area contributed by atoms with Gasteiger partial charge in [-0.3, -0.25) is 9.58 Å². The van der Waals surface area contributed by atoms with Crippen molar-refractivity contribution in [2.45, 2.75) is 63.8 Å². The van der Waals surface area contributed by atoms with Crippen molar-refractivity contribution in [2.75, 3.05) is 105 Å². The molecule has 17 nitrogen and oxygen atoms in total. The summed E-state index contributed by atoms with van der Waals surface area (Å²) in [6, 6.07) is 6.50. The van der Waals surface area contributed by atoms with Crippen LogP contribution in [0.2, 0.25) is 5.02 Å². The molecule has 4 aromatic rings. The average molecular weight is 828 g/mol. The van der Waals surface area contributed by atoms with E-state index in [1.807, 2.05) is 36.0 Å². The predicted molar refractivity (Wildman–Crippen MR) is 217 cm³/mol. The lowest BCUT2D eigenvalue weighted by Gasteiger charge is -2.38. The highest BCUT2D eigenvalue weighted by Gasteiger charge is 2.29. The second-order valence-corrected chi connectivity index (χ2v) is 14.6. The lowest BCUT2D eigenvalue weighted by atomic mass is 9.90. The number of nitrogens with zero attached hydrogens (tertiary/aromatic N) is 8. The molecule has 4 heterocycles. The Balaban J connectivity index is 0.992. The predicted octanol–water partition coefficient (Wildman–Crippen LogP) is 5.09. The number of hydrogen-bond donors (Lipinski definition) is 1. The van der Waals surface area contributed by atoms with Gasteiger partial charge in [0.1, 0.15) is 30.2 Å². The zero-order valence-electron chi connectivity index (χ0n) is 33.7. The van der Waals surface area contributed by atoms with Gasteiger partial charge in [-0.2, -0.15) is 5.10 Å². The molecule has 0 unspecified atom stereocenters. The van der Waals surface area contributed by atoms with E-state index in [0.717, 1.165) is 63.1 Å². The van der Waals surface area contributed by atoms with Crippen LogP contribution in [0.4, 0.5) is 11.6 Å². The molecule has 0 bridgehead atoms. The minimum Gasteiger partial charge on any atom is -0.487 e. The van der Waals surface area contributed by atoms with Crippen molar-refractivity contribution >= 4 is 23.2 Å². The van der Waals surface area contributed by atoms with Crippen molar-refractivity contribution in [1.82, 2.24) is 39.4 Å². The molecule has 0 amide bonds. The Morgan fingerprint density at radius 3 is 2.19 bits per heavy atom. The van der Waals surface area contributed by atoms with Gasteiger partial charge < -0.3 is 43.2 Å². The highest BCUT2D eigenvalue weighted by Crippen LogP contribution is 2.35. The Morgan fingerprint density at radius 2 is 1.52 bits per heavy atom. The molecule has 6 rings (SSSR count). The molecule has 1 atom stereocenters. The topological polar surface area (TPSA) is 163 Å². The summed E-state index contributed by atoms with van der Waals surface area (Å²) in [5.74, 6) is 1.51. The Hall–Kier alpha value is -3.94. The number of benzene rings is 1. The van der Waals surface area contributed by atoms with Gasteiger partial charge in [0, 0.05) is 57.2 Å². The van der Waals surface area contributed by atoms with Gasteiger partial charge in [0.25, 0.3) is 5.88 Å².